The standard InChI is InChI=1S/C37H45N5O6/c1-9-20(4)33(37(45)39-23-11-14-27-29(17-23)42-36(41-27)19(2)3)40-28-15-12-24-25(18-30(28)44)26(38-21(5)43)13-10-22-16-31(46-6)34(47-7)35(48-8)32(22)24/h11-12,14-20,26,33H,9-10,13H2,1-8H3,(H,38,43)(H,39,45)(H,40,44)(H,41,42)/t20-,26+,33-/m0/s1. The van der Waals surface area contributed by atoms with Crippen LogP contribution in [0.1, 0.15) is 76.4 Å². The molecule has 3 aromatic carbocycles. The minimum Gasteiger partial charge on any atom is -0.493 e. The molecule has 0 bridgehead atoms. The van der Waals surface area contributed by atoms with Crippen LogP contribution >= 0.6 is 0 Å². The number of ether oxygens (including phenoxy) is 3. The van der Waals surface area contributed by atoms with Crippen molar-refractivity contribution in [3.05, 3.63) is 69.6 Å². The van der Waals surface area contributed by atoms with Gasteiger partial charge in [0.15, 0.2) is 11.5 Å². The van der Waals surface area contributed by atoms with Crippen LogP contribution in [0.3, 0.4) is 0 Å². The lowest BCUT2D eigenvalue weighted by Gasteiger charge is -2.24. The van der Waals surface area contributed by atoms with Gasteiger partial charge in [0.1, 0.15) is 11.9 Å². The van der Waals surface area contributed by atoms with Crippen molar-refractivity contribution in [2.45, 2.75) is 71.9 Å². The van der Waals surface area contributed by atoms with Crippen molar-refractivity contribution in [2.75, 3.05) is 32.0 Å². The lowest BCUT2D eigenvalue weighted by Crippen LogP contribution is -2.40. The Morgan fingerprint density at radius 1 is 1.00 bits per heavy atom. The molecule has 254 valence electrons. The number of rotatable bonds is 11. The third-order valence-electron chi connectivity index (χ3n) is 9.04. The molecule has 5 rings (SSSR count). The van der Waals surface area contributed by atoms with Crippen LogP contribution in [0, 0.1) is 5.92 Å². The number of amides is 2. The average molecular weight is 656 g/mol. The summed E-state index contributed by atoms with van der Waals surface area (Å²) in [4.78, 5) is 48.1. The fourth-order valence-corrected chi connectivity index (χ4v) is 6.30. The maximum atomic E-state index is 14.0. The van der Waals surface area contributed by atoms with Gasteiger partial charge in [-0.15, -0.1) is 0 Å². The third-order valence-corrected chi connectivity index (χ3v) is 9.04. The molecule has 11 heteroatoms. The molecule has 0 radical (unpaired) electrons. The number of aryl methyl sites for hydroxylation is 1. The molecule has 0 spiro atoms. The van der Waals surface area contributed by atoms with Gasteiger partial charge < -0.3 is 35.1 Å². The van der Waals surface area contributed by atoms with Gasteiger partial charge in [0.25, 0.3) is 0 Å². The van der Waals surface area contributed by atoms with Crippen molar-refractivity contribution in [3.8, 4) is 28.4 Å². The van der Waals surface area contributed by atoms with Gasteiger partial charge in [-0.05, 0) is 71.8 Å². The van der Waals surface area contributed by atoms with E-state index in [2.05, 4.69) is 39.8 Å². The molecule has 0 saturated carbocycles. The molecular formula is C37H45N5O6. The van der Waals surface area contributed by atoms with Crippen LogP contribution in [-0.4, -0.2) is 49.2 Å². The van der Waals surface area contributed by atoms with Gasteiger partial charge in [0, 0.05) is 24.1 Å². The molecule has 1 aliphatic carbocycles. The SMILES string of the molecule is CC[C@H](C)[C@H](Nc1ccc2c(cc1=O)[C@H](NC(C)=O)CCc1cc(OC)c(OC)c(OC)c1-2)C(=O)Nc1ccc2nc(C(C)C)[nH]c2c1. The Morgan fingerprint density at radius 3 is 2.40 bits per heavy atom. The summed E-state index contributed by atoms with van der Waals surface area (Å²) in [7, 11) is 4.67. The molecule has 0 saturated heterocycles. The first kappa shape index (κ1) is 34.3. The van der Waals surface area contributed by atoms with Crippen molar-refractivity contribution in [1.82, 2.24) is 15.3 Å². The van der Waals surface area contributed by atoms with Crippen LogP contribution in [-0.2, 0) is 16.0 Å². The third kappa shape index (κ3) is 6.81. The Morgan fingerprint density at radius 2 is 1.75 bits per heavy atom. The first-order chi connectivity index (χ1) is 23.0. The number of nitrogens with one attached hydrogen (secondary N) is 4. The Balaban J connectivity index is 1.57. The van der Waals surface area contributed by atoms with E-state index in [1.54, 1.807) is 33.5 Å². The molecule has 4 N–H and O–H groups in total. The van der Waals surface area contributed by atoms with Gasteiger partial charge in [-0.25, -0.2) is 4.98 Å². The molecule has 1 aliphatic rings. The van der Waals surface area contributed by atoms with Crippen LogP contribution in [0.4, 0.5) is 11.4 Å². The van der Waals surface area contributed by atoms with E-state index in [1.807, 2.05) is 44.2 Å². The predicted molar refractivity (Wildman–Crippen MR) is 188 cm³/mol. The lowest BCUT2D eigenvalue weighted by atomic mass is 9.95. The molecular weight excluding hydrogens is 610 g/mol. The molecule has 3 atom stereocenters. The monoisotopic (exact) mass is 655 g/mol. The second-order valence-electron chi connectivity index (χ2n) is 12.6. The molecule has 0 aliphatic heterocycles. The highest BCUT2D eigenvalue weighted by Gasteiger charge is 2.30. The molecule has 48 heavy (non-hydrogen) atoms. The maximum absolute atomic E-state index is 14.0. The highest BCUT2D eigenvalue weighted by molar-refractivity contribution is 5.98. The number of H-pyrrole nitrogens is 1. The van der Waals surface area contributed by atoms with Gasteiger partial charge in [-0.3, -0.25) is 14.4 Å². The normalized spacial score (nSPS) is 15.1. The van der Waals surface area contributed by atoms with E-state index in [1.165, 1.54) is 6.92 Å². The zero-order chi connectivity index (χ0) is 34.7. The first-order valence-electron chi connectivity index (χ1n) is 16.3. The van der Waals surface area contributed by atoms with E-state index in [0.29, 0.717) is 53.3 Å². The van der Waals surface area contributed by atoms with Crippen LogP contribution in [0.25, 0.3) is 22.2 Å². The van der Waals surface area contributed by atoms with Gasteiger partial charge in [-0.1, -0.05) is 40.2 Å². The van der Waals surface area contributed by atoms with E-state index < -0.39 is 12.1 Å². The van der Waals surface area contributed by atoms with Gasteiger partial charge in [0.05, 0.1) is 44.1 Å². The molecule has 1 heterocycles. The van der Waals surface area contributed by atoms with E-state index in [0.717, 1.165) is 28.0 Å². The van der Waals surface area contributed by atoms with Crippen molar-refractivity contribution in [2.24, 2.45) is 5.92 Å². The summed E-state index contributed by atoms with van der Waals surface area (Å²) in [6.45, 7) is 9.57. The predicted octanol–water partition coefficient (Wildman–Crippen LogP) is 6.33. The smallest absolute Gasteiger partial charge is 0.247 e. The summed E-state index contributed by atoms with van der Waals surface area (Å²) in [5, 5.41) is 9.34. The zero-order valence-corrected chi connectivity index (χ0v) is 28.9. The highest BCUT2D eigenvalue weighted by Crippen LogP contribution is 2.50. The van der Waals surface area contributed by atoms with Crippen molar-refractivity contribution >= 4 is 34.2 Å². The average Bonchev–Trinajstić information content (AvgIpc) is 3.36. The second kappa shape index (κ2) is 14.4. The molecule has 0 unspecified atom stereocenters. The molecule has 1 aromatic heterocycles. The topological polar surface area (TPSA) is 144 Å². The summed E-state index contributed by atoms with van der Waals surface area (Å²) in [5.41, 5.74) is 5.28. The number of aromatic amines is 1. The van der Waals surface area contributed by atoms with E-state index >= 15 is 0 Å². The maximum Gasteiger partial charge on any atom is 0.247 e. The number of benzene rings is 2. The number of hydrogen-bond donors (Lipinski definition) is 4. The Kier molecular flexibility index (Phi) is 10.3. The van der Waals surface area contributed by atoms with Crippen LogP contribution in [0.5, 0.6) is 17.2 Å². The number of methoxy groups -OCH3 is 3. The van der Waals surface area contributed by atoms with Crippen LogP contribution in [0.2, 0.25) is 0 Å². The lowest BCUT2D eigenvalue weighted by molar-refractivity contribution is -0.120. The van der Waals surface area contributed by atoms with Crippen molar-refractivity contribution < 1.29 is 23.8 Å². The van der Waals surface area contributed by atoms with Gasteiger partial charge in [-0.2, -0.15) is 0 Å². The van der Waals surface area contributed by atoms with Gasteiger partial charge in [0.2, 0.25) is 23.0 Å². The second-order valence-corrected chi connectivity index (χ2v) is 12.6. The van der Waals surface area contributed by atoms with Crippen molar-refractivity contribution in [1.29, 1.82) is 0 Å². The number of carbonyl (C=O) groups is 2. The van der Waals surface area contributed by atoms with Crippen LogP contribution in [0.15, 0.2) is 47.3 Å². The first-order valence-corrected chi connectivity index (χ1v) is 16.3. The quantitative estimate of drug-likeness (QED) is 0.147. The largest absolute Gasteiger partial charge is 0.493 e. The summed E-state index contributed by atoms with van der Waals surface area (Å²) < 4.78 is 17.2. The minimum absolute atomic E-state index is 0.110. The highest BCUT2D eigenvalue weighted by atomic mass is 16.5. The summed E-state index contributed by atoms with van der Waals surface area (Å²) >= 11 is 0. The number of hydrogen-bond acceptors (Lipinski definition) is 8. The summed E-state index contributed by atoms with van der Waals surface area (Å²) in [6.07, 6.45) is 1.83. The fourth-order valence-electron chi connectivity index (χ4n) is 6.30. The molecule has 2 amide bonds. The number of anilines is 2. The summed E-state index contributed by atoms with van der Waals surface area (Å²) in [6, 6.07) is 11.4. The van der Waals surface area contributed by atoms with E-state index in [9.17, 15) is 14.4 Å². The molecule has 11 nitrogen and oxygen atoms in total. The van der Waals surface area contributed by atoms with Crippen LogP contribution < -0.4 is 35.6 Å². The molecule has 4 aromatic rings. The number of nitrogens with zero attached hydrogens (tertiary/aromatic N) is 1. The molecule has 0 fully saturated rings. The summed E-state index contributed by atoms with van der Waals surface area (Å²) in [5.74, 6) is 1.96. The van der Waals surface area contributed by atoms with Crippen molar-refractivity contribution in [3.63, 3.8) is 0 Å². The fraction of sp³-hybridized carbons (Fsp3) is 0.405. The Hall–Kier alpha value is -5.06. The number of imidazole rings is 1. The number of carbonyl (C=O) groups excluding carboxylic acids is 2. The number of aromatic nitrogens is 2. The Labute approximate surface area is 280 Å². The zero-order valence-electron chi connectivity index (χ0n) is 28.9. The number of fused-ring (bicyclic) bond motifs is 4. The van der Waals surface area contributed by atoms with E-state index in [-0.39, 0.29) is 34.8 Å². The van der Waals surface area contributed by atoms with Gasteiger partial charge >= 0.3 is 0 Å². The minimum atomic E-state index is -0.717. The Bertz CT molecular complexity index is 1900. The van der Waals surface area contributed by atoms with E-state index in [4.69, 9.17) is 14.2 Å².